The fourth-order valence-electron chi connectivity index (χ4n) is 5.40. The SMILES string of the molecule is Cl.Cl.[CH2]=[Zr]([CH3])([C]1=CC=CC1)([c]1ccccc1)[CH]1c2ccccc2-c2ccccc21. The Balaban J connectivity index is 0.00000120. The summed E-state index contributed by atoms with van der Waals surface area (Å²) in [6.45, 7) is 0. The number of rotatable bonds is 3. The van der Waals surface area contributed by atoms with Crippen molar-refractivity contribution in [2.24, 2.45) is 0 Å². The summed E-state index contributed by atoms with van der Waals surface area (Å²) in [4.78, 5) is 0. The van der Waals surface area contributed by atoms with Crippen LogP contribution in [0.2, 0.25) is 4.63 Å². The molecule has 0 N–H and O–H groups in total. The van der Waals surface area contributed by atoms with Crippen molar-refractivity contribution >= 4 is 32.3 Å². The third-order valence-corrected chi connectivity index (χ3v) is 22.3. The summed E-state index contributed by atoms with van der Waals surface area (Å²) in [5.41, 5.74) is 5.73. The molecule has 0 radical (unpaired) electrons. The molecule has 3 aromatic rings. The molecular formula is C26H26Cl2Zr. The molecule has 3 heteroatoms. The van der Waals surface area contributed by atoms with Crippen molar-refractivity contribution < 1.29 is 18.3 Å². The van der Waals surface area contributed by atoms with E-state index in [4.69, 9.17) is 4.21 Å². The van der Waals surface area contributed by atoms with Crippen molar-refractivity contribution in [3.63, 3.8) is 0 Å². The van der Waals surface area contributed by atoms with Crippen LogP contribution in [0.3, 0.4) is 0 Å². The average Bonchev–Trinajstić information content (AvgIpc) is 3.36. The maximum absolute atomic E-state index is 5.23. The average molecular weight is 501 g/mol. The summed E-state index contributed by atoms with van der Waals surface area (Å²) in [5, 5.41) is 0. The predicted octanol–water partition coefficient (Wildman–Crippen LogP) is 6.94. The minimum atomic E-state index is -3.89. The quantitative estimate of drug-likeness (QED) is 0.366. The summed E-state index contributed by atoms with van der Waals surface area (Å²) in [6.07, 6.45) is 7.94. The molecule has 0 nitrogen and oxygen atoms in total. The molecule has 2 aliphatic carbocycles. The predicted molar refractivity (Wildman–Crippen MR) is 129 cm³/mol. The molecule has 0 saturated carbocycles. The second kappa shape index (κ2) is 7.95. The van der Waals surface area contributed by atoms with Crippen LogP contribution in [0.4, 0.5) is 0 Å². The van der Waals surface area contributed by atoms with E-state index in [0.29, 0.717) is 3.63 Å². The third kappa shape index (κ3) is 3.10. The van der Waals surface area contributed by atoms with Crippen LogP contribution in [0.25, 0.3) is 11.1 Å². The zero-order valence-electron chi connectivity index (χ0n) is 16.5. The second-order valence-electron chi connectivity index (χ2n) is 8.41. The van der Waals surface area contributed by atoms with Crippen LogP contribution in [0.1, 0.15) is 21.2 Å². The standard InChI is InChI=1S/C13H9.C6H5.C5H5.CH3.CH2.2ClH.Zr/c1-3-7-12-10(5-1)9-11-6-2-4-8-13(11)12;1-2-4-6-5-3-1;1-2-4-5-3-1;;;;;/h1-9H;1-5H;1-3H,4H2;1H3;1H2;2*1H;. The summed E-state index contributed by atoms with van der Waals surface area (Å²) in [7, 11) is 0. The van der Waals surface area contributed by atoms with Gasteiger partial charge >= 0.3 is 163 Å². The Morgan fingerprint density at radius 1 is 0.759 bits per heavy atom. The Bertz CT molecular complexity index is 1130. The van der Waals surface area contributed by atoms with Crippen LogP contribution in [-0.2, 0) is 18.3 Å². The van der Waals surface area contributed by atoms with Crippen molar-refractivity contribution in [1.82, 2.24) is 0 Å². The molecule has 0 bridgehead atoms. The van der Waals surface area contributed by atoms with E-state index in [9.17, 15) is 0 Å². The van der Waals surface area contributed by atoms with E-state index in [0.717, 1.165) is 6.42 Å². The van der Waals surface area contributed by atoms with Crippen LogP contribution in [0.15, 0.2) is 100 Å². The van der Waals surface area contributed by atoms with Gasteiger partial charge in [0.05, 0.1) is 0 Å². The van der Waals surface area contributed by atoms with Gasteiger partial charge in [0, 0.05) is 0 Å². The van der Waals surface area contributed by atoms with Crippen LogP contribution in [0.5, 0.6) is 0 Å². The molecule has 0 atom stereocenters. The summed E-state index contributed by atoms with van der Waals surface area (Å²) in [6, 6.07) is 29.1. The minimum absolute atomic E-state index is 0. The first-order valence-electron chi connectivity index (χ1n) is 9.75. The summed E-state index contributed by atoms with van der Waals surface area (Å²) < 4.78 is 11.2. The van der Waals surface area contributed by atoms with Gasteiger partial charge in [-0.05, 0) is 0 Å². The van der Waals surface area contributed by atoms with Gasteiger partial charge in [0.15, 0.2) is 0 Å². The van der Waals surface area contributed by atoms with E-state index in [1.165, 1.54) is 25.5 Å². The van der Waals surface area contributed by atoms with E-state index in [1.54, 1.807) is 3.28 Å². The zero-order chi connectivity index (χ0) is 18.5. The van der Waals surface area contributed by atoms with Gasteiger partial charge in [0.25, 0.3) is 0 Å². The molecule has 0 amide bonds. The molecule has 29 heavy (non-hydrogen) atoms. The van der Waals surface area contributed by atoms with E-state index in [-0.39, 0.29) is 24.8 Å². The van der Waals surface area contributed by atoms with Gasteiger partial charge in [0.1, 0.15) is 0 Å². The van der Waals surface area contributed by atoms with Crippen molar-refractivity contribution in [1.29, 1.82) is 0 Å². The first-order valence-corrected chi connectivity index (χ1v) is 17.8. The van der Waals surface area contributed by atoms with Gasteiger partial charge in [-0.2, -0.15) is 0 Å². The van der Waals surface area contributed by atoms with E-state index in [1.807, 2.05) is 0 Å². The second-order valence-corrected chi connectivity index (χ2v) is 23.2. The van der Waals surface area contributed by atoms with Gasteiger partial charge in [-0.1, -0.05) is 0 Å². The molecule has 0 aromatic heterocycles. The topological polar surface area (TPSA) is 0 Å². The fraction of sp³-hybridized carbons (Fsp3) is 0.115. The third-order valence-electron chi connectivity index (χ3n) is 6.86. The Kier molecular flexibility index (Phi) is 6.08. The van der Waals surface area contributed by atoms with Crippen LogP contribution < -0.4 is 3.27 Å². The Labute approximate surface area is 186 Å². The zero-order valence-corrected chi connectivity index (χ0v) is 20.6. The van der Waals surface area contributed by atoms with Gasteiger partial charge < -0.3 is 0 Å². The number of benzene rings is 3. The van der Waals surface area contributed by atoms with Gasteiger partial charge in [-0.25, -0.2) is 0 Å². The van der Waals surface area contributed by atoms with Crippen LogP contribution in [-0.4, -0.2) is 4.21 Å². The maximum atomic E-state index is 5.23. The Morgan fingerprint density at radius 2 is 1.28 bits per heavy atom. The molecule has 3 aromatic carbocycles. The molecular weight excluding hydrogens is 474 g/mol. The molecule has 0 saturated heterocycles. The van der Waals surface area contributed by atoms with Gasteiger partial charge in [-0.15, -0.1) is 24.8 Å². The van der Waals surface area contributed by atoms with E-state index >= 15 is 0 Å². The molecule has 0 unspecified atom stereocenters. The molecule has 5 rings (SSSR count). The number of hydrogen-bond acceptors (Lipinski definition) is 0. The number of halogens is 2. The van der Waals surface area contributed by atoms with E-state index < -0.39 is 18.3 Å². The van der Waals surface area contributed by atoms with Crippen molar-refractivity contribution in [2.45, 2.75) is 14.7 Å². The summed E-state index contributed by atoms with van der Waals surface area (Å²) in [5.74, 6) is 0. The molecule has 0 spiro atoms. The fourth-order valence-corrected chi connectivity index (χ4v) is 19.2. The number of hydrogen-bond donors (Lipinski definition) is 0. The monoisotopic (exact) mass is 498 g/mol. The molecule has 0 heterocycles. The Morgan fingerprint density at radius 3 is 1.79 bits per heavy atom. The molecule has 0 fully saturated rings. The van der Waals surface area contributed by atoms with Gasteiger partial charge in [-0.3, -0.25) is 0 Å². The molecule has 0 aliphatic heterocycles. The van der Waals surface area contributed by atoms with Crippen LogP contribution in [0, 0.1) is 0 Å². The first kappa shape index (κ1) is 22.2. The van der Waals surface area contributed by atoms with Crippen molar-refractivity contribution in [3.8, 4) is 11.1 Å². The van der Waals surface area contributed by atoms with Crippen LogP contribution >= 0.6 is 24.8 Å². The number of fused-ring (bicyclic) bond motifs is 3. The normalized spacial score (nSPS) is 15.0. The Hall–Kier alpha value is -1.53. The van der Waals surface area contributed by atoms with Crippen molar-refractivity contribution in [2.75, 3.05) is 0 Å². The molecule has 2 aliphatic rings. The van der Waals surface area contributed by atoms with Gasteiger partial charge in [0.2, 0.25) is 0 Å². The first-order chi connectivity index (χ1) is 13.1. The summed E-state index contributed by atoms with van der Waals surface area (Å²) >= 11 is -3.89. The number of allylic oxidation sites excluding steroid dienone is 4. The van der Waals surface area contributed by atoms with Crippen molar-refractivity contribution in [3.05, 3.63) is 111 Å². The van der Waals surface area contributed by atoms with E-state index in [2.05, 4.69) is 102 Å². The molecule has 148 valence electrons.